The van der Waals surface area contributed by atoms with E-state index >= 15 is 0 Å². The van der Waals surface area contributed by atoms with Crippen molar-refractivity contribution in [3.05, 3.63) is 68.8 Å². The number of halogens is 2. The van der Waals surface area contributed by atoms with Crippen LogP contribution in [0.15, 0.2) is 35.1 Å². The lowest BCUT2D eigenvalue weighted by Crippen LogP contribution is -2.38. The van der Waals surface area contributed by atoms with Gasteiger partial charge in [-0.3, -0.25) is 9.59 Å². The number of benzene rings is 1. The molecule has 5 nitrogen and oxygen atoms in total. The molecule has 2 aromatic heterocycles. The number of nitrogens with zero attached hydrogens (tertiary/aromatic N) is 2. The average molecular weight is 526 g/mol. The van der Waals surface area contributed by atoms with E-state index in [0.29, 0.717) is 24.4 Å². The first-order valence-electron chi connectivity index (χ1n) is 13.9. The molecule has 1 fully saturated rings. The van der Waals surface area contributed by atoms with Crippen molar-refractivity contribution in [2.45, 2.75) is 85.1 Å². The van der Waals surface area contributed by atoms with Crippen molar-refractivity contribution in [2.75, 3.05) is 19.6 Å². The molecule has 38 heavy (non-hydrogen) atoms. The zero-order valence-electron chi connectivity index (χ0n) is 23.4. The van der Waals surface area contributed by atoms with Crippen LogP contribution in [0, 0.1) is 19.8 Å². The highest BCUT2D eigenvalue weighted by atomic mass is 19.3. The fraction of sp³-hybridized carbons (Fsp3) is 0.548. The Morgan fingerprint density at radius 2 is 1.87 bits per heavy atom. The highest BCUT2D eigenvalue weighted by Crippen LogP contribution is 2.36. The van der Waals surface area contributed by atoms with Gasteiger partial charge in [0.1, 0.15) is 0 Å². The van der Waals surface area contributed by atoms with E-state index < -0.39 is 5.92 Å². The maximum absolute atomic E-state index is 13.6. The number of carbonyl (C=O) groups is 1. The van der Waals surface area contributed by atoms with Crippen molar-refractivity contribution in [1.82, 2.24) is 14.5 Å². The van der Waals surface area contributed by atoms with Gasteiger partial charge in [-0.25, -0.2) is 8.78 Å². The van der Waals surface area contributed by atoms with Gasteiger partial charge in [-0.2, -0.15) is 0 Å². The summed E-state index contributed by atoms with van der Waals surface area (Å²) < 4.78 is 28.9. The zero-order chi connectivity index (χ0) is 27.6. The normalized spacial score (nSPS) is 16.3. The number of aromatic amines is 1. The van der Waals surface area contributed by atoms with E-state index in [9.17, 15) is 18.4 Å². The first kappa shape index (κ1) is 28.2. The highest BCUT2D eigenvalue weighted by molar-refractivity contribution is 6.09. The molecule has 0 radical (unpaired) electrons. The Labute approximate surface area is 224 Å². The van der Waals surface area contributed by atoms with Gasteiger partial charge in [0.2, 0.25) is 5.92 Å². The second kappa shape index (κ2) is 11.5. The lowest BCUT2D eigenvalue weighted by atomic mass is 9.89. The fourth-order valence-corrected chi connectivity index (χ4v) is 6.23. The van der Waals surface area contributed by atoms with Crippen LogP contribution in [-0.4, -0.2) is 45.8 Å². The molecule has 3 aromatic rings. The van der Waals surface area contributed by atoms with E-state index in [1.54, 1.807) is 0 Å². The monoisotopic (exact) mass is 525 g/mol. The van der Waals surface area contributed by atoms with Crippen LogP contribution in [0.2, 0.25) is 0 Å². The number of H-pyrrole nitrogens is 1. The molecular weight excluding hydrogens is 484 g/mol. The molecule has 3 heterocycles. The number of nitrogens with one attached hydrogen (secondary N) is 1. The van der Waals surface area contributed by atoms with Gasteiger partial charge in [-0.05, 0) is 90.1 Å². The number of fused-ring (bicyclic) bond motifs is 1. The third kappa shape index (κ3) is 6.09. The summed E-state index contributed by atoms with van der Waals surface area (Å²) in [6.07, 6.45) is 3.24. The number of aromatic nitrogens is 2. The van der Waals surface area contributed by atoms with Crippen LogP contribution >= 0.6 is 0 Å². The molecule has 0 aliphatic carbocycles. The zero-order valence-corrected chi connectivity index (χ0v) is 23.4. The fourth-order valence-electron chi connectivity index (χ4n) is 6.23. The number of alkyl halides is 2. The van der Waals surface area contributed by atoms with E-state index in [-0.39, 0.29) is 30.2 Å². The molecule has 1 aromatic carbocycles. The van der Waals surface area contributed by atoms with Crippen LogP contribution in [0.5, 0.6) is 0 Å². The van der Waals surface area contributed by atoms with Crippen LogP contribution in [0.1, 0.15) is 85.4 Å². The molecule has 1 aliphatic heterocycles. The summed E-state index contributed by atoms with van der Waals surface area (Å²) in [5.74, 6) is -2.16. The number of piperidine rings is 1. The molecule has 7 heteroatoms. The summed E-state index contributed by atoms with van der Waals surface area (Å²) in [5.41, 5.74) is 5.20. The maximum Gasteiger partial charge on any atom is 0.251 e. The van der Waals surface area contributed by atoms with E-state index in [1.807, 2.05) is 45.0 Å². The minimum atomic E-state index is -2.63. The van der Waals surface area contributed by atoms with Crippen molar-refractivity contribution in [3.63, 3.8) is 0 Å². The number of hydrogen-bond acceptors (Lipinski definition) is 3. The van der Waals surface area contributed by atoms with Crippen LogP contribution in [0.3, 0.4) is 0 Å². The van der Waals surface area contributed by atoms with Crippen molar-refractivity contribution in [1.29, 1.82) is 0 Å². The lowest BCUT2D eigenvalue weighted by Gasteiger charge is -2.36. The number of ketones is 1. The van der Waals surface area contributed by atoms with Crippen molar-refractivity contribution in [2.24, 2.45) is 5.92 Å². The standard InChI is InChI=1S/C31H41F2N3O2/c1-6-23-19-20(2)34-30(38)25(23)11-12-28(37)29-22(4)36(27-10-8-7-9-26(27)29)21(3)24-13-16-35(17-14-24)18-15-31(5,32)33/h7-10,19,21,24H,6,11-18H2,1-5H3,(H,34,38)/t21-/m1/s1. The molecule has 4 rings (SSSR count). The Hall–Kier alpha value is -2.80. The minimum absolute atomic E-state index is 0.0574. The topological polar surface area (TPSA) is 58.1 Å². The van der Waals surface area contributed by atoms with E-state index in [0.717, 1.165) is 72.7 Å². The molecule has 0 saturated carbocycles. The molecule has 1 saturated heterocycles. The summed E-state index contributed by atoms with van der Waals surface area (Å²) in [4.78, 5) is 31.3. The van der Waals surface area contributed by atoms with Gasteiger partial charge in [0.05, 0.1) is 0 Å². The summed E-state index contributed by atoms with van der Waals surface area (Å²) in [7, 11) is 0. The molecule has 0 bridgehead atoms. The predicted octanol–water partition coefficient (Wildman–Crippen LogP) is 6.64. The third-order valence-electron chi connectivity index (χ3n) is 8.37. The molecule has 0 amide bonds. The molecular formula is C31H41F2N3O2. The Balaban J connectivity index is 1.54. The molecule has 206 valence electrons. The quantitative estimate of drug-likeness (QED) is 0.302. The first-order valence-corrected chi connectivity index (χ1v) is 13.9. The van der Waals surface area contributed by atoms with Gasteiger partial charge in [-0.1, -0.05) is 25.1 Å². The molecule has 0 spiro atoms. The van der Waals surface area contributed by atoms with Gasteiger partial charge in [-0.15, -0.1) is 0 Å². The number of likely N-dealkylation sites (tertiary alicyclic amines) is 1. The SMILES string of the molecule is CCc1cc(C)[nH]c(=O)c1CCC(=O)c1c(C)n([C@H](C)C2CCN(CCC(C)(F)F)CC2)c2ccccc12. The summed E-state index contributed by atoms with van der Waals surface area (Å²) in [6, 6.07) is 10.2. The van der Waals surface area contributed by atoms with E-state index in [2.05, 4.69) is 27.4 Å². The first-order chi connectivity index (χ1) is 18.0. The number of pyridine rings is 1. The number of Topliss-reactive ketones (excluding diaryl/α,β-unsaturated/α-hetero) is 1. The number of hydrogen-bond donors (Lipinski definition) is 1. The Kier molecular flexibility index (Phi) is 8.55. The number of para-hydroxylation sites is 1. The van der Waals surface area contributed by atoms with Gasteiger partial charge in [0.25, 0.3) is 5.56 Å². The summed E-state index contributed by atoms with van der Waals surface area (Å²) >= 11 is 0. The number of rotatable bonds is 10. The Morgan fingerprint density at radius 1 is 1.18 bits per heavy atom. The average Bonchev–Trinajstić information content (AvgIpc) is 3.17. The maximum atomic E-state index is 13.6. The number of aryl methyl sites for hydroxylation is 2. The van der Waals surface area contributed by atoms with Crippen molar-refractivity contribution < 1.29 is 13.6 Å². The molecule has 1 atom stereocenters. The van der Waals surface area contributed by atoms with Crippen LogP contribution in [0.4, 0.5) is 8.78 Å². The van der Waals surface area contributed by atoms with E-state index in [1.165, 1.54) is 0 Å². The minimum Gasteiger partial charge on any atom is -0.341 e. The third-order valence-corrected chi connectivity index (χ3v) is 8.37. The van der Waals surface area contributed by atoms with Gasteiger partial charge < -0.3 is 14.5 Å². The van der Waals surface area contributed by atoms with Crippen LogP contribution in [-0.2, 0) is 12.8 Å². The summed E-state index contributed by atoms with van der Waals surface area (Å²) in [5, 5.41) is 0.956. The van der Waals surface area contributed by atoms with Gasteiger partial charge >= 0.3 is 0 Å². The number of carbonyl (C=O) groups excluding carboxylic acids is 1. The van der Waals surface area contributed by atoms with Crippen molar-refractivity contribution in [3.8, 4) is 0 Å². The second-order valence-electron chi connectivity index (χ2n) is 11.1. The molecule has 1 N–H and O–H groups in total. The molecule has 1 aliphatic rings. The molecule has 0 unspecified atom stereocenters. The Morgan fingerprint density at radius 3 is 2.53 bits per heavy atom. The van der Waals surface area contributed by atoms with Crippen molar-refractivity contribution >= 4 is 16.7 Å². The largest absolute Gasteiger partial charge is 0.341 e. The smallest absolute Gasteiger partial charge is 0.251 e. The van der Waals surface area contributed by atoms with E-state index in [4.69, 9.17) is 0 Å². The second-order valence-corrected chi connectivity index (χ2v) is 11.1. The lowest BCUT2D eigenvalue weighted by molar-refractivity contribution is -0.000529. The highest BCUT2D eigenvalue weighted by Gasteiger charge is 2.30. The van der Waals surface area contributed by atoms with Gasteiger partial charge in [0, 0.05) is 58.8 Å². The van der Waals surface area contributed by atoms with Crippen LogP contribution < -0.4 is 5.56 Å². The van der Waals surface area contributed by atoms with Crippen LogP contribution in [0.25, 0.3) is 10.9 Å². The predicted molar refractivity (Wildman–Crippen MR) is 150 cm³/mol. The summed E-state index contributed by atoms with van der Waals surface area (Å²) in [6.45, 7) is 11.2. The Bertz CT molecular complexity index is 1340. The van der Waals surface area contributed by atoms with Gasteiger partial charge in [0.15, 0.2) is 5.78 Å².